The van der Waals surface area contributed by atoms with E-state index in [1.54, 1.807) is 7.05 Å². The highest BCUT2D eigenvalue weighted by Gasteiger charge is 2.35. The van der Waals surface area contributed by atoms with Gasteiger partial charge in [0.05, 0.1) is 11.9 Å². The van der Waals surface area contributed by atoms with E-state index >= 15 is 0 Å². The molecule has 2 aliphatic rings. The van der Waals surface area contributed by atoms with Gasteiger partial charge in [-0.3, -0.25) is 14.8 Å². The third kappa shape index (κ3) is 4.25. The van der Waals surface area contributed by atoms with Gasteiger partial charge in [-0.1, -0.05) is 55.0 Å². The van der Waals surface area contributed by atoms with Crippen LogP contribution in [0, 0.1) is 5.92 Å². The van der Waals surface area contributed by atoms with Crippen molar-refractivity contribution in [1.82, 2.24) is 15.1 Å². The summed E-state index contributed by atoms with van der Waals surface area (Å²) in [5.74, 6) is -1.87. The first-order valence-corrected chi connectivity index (χ1v) is 11.6. The number of rotatable bonds is 7. The van der Waals surface area contributed by atoms with E-state index in [-0.39, 0.29) is 29.8 Å². The molecule has 1 fully saturated rings. The number of amides is 2. The minimum atomic E-state index is -1.07. The zero-order valence-electron chi connectivity index (χ0n) is 19.2. The summed E-state index contributed by atoms with van der Waals surface area (Å²) in [6.45, 7) is 0.129. The van der Waals surface area contributed by atoms with E-state index in [0.717, 1.165) is 41.5 Å². The quantitative estimate of drug-likeness (QED) is 0.479. The number of ether oxygens (including phenoxy) is 1. The standard InChI is InChI=1S/C26H26N4O5/c1-30-23(24(31)29-22(25(32)33)15-7-6-8-15)21(13-27-30)28-26(34)35-14-20-18-11-4-2-9-16(18)17-10-3-5-12-19(17)20/h2-5,9-13,15,20,22H,6-8,14H2,1H3,(H,28,34)(H,29,31)(H,32,33). The number of aromatic nitrogens is 2. The third-order valence-electron chi connectivity index (χ3n) is 6.91. The van der Waals surface area contributed by atoms with Gasteiger partial charge in [-0.05, 0) is 41.0 Å². The van der Waals surface area contributed by atoms with Crippen LogP contribution in [0.15, 0.2) is 54.7 Å². The summed E-state index contributed by atoms with van der Waals surface area (Å²) in [5, 5.41) is 18.8. The number of nitrogens with one attached hydrogen (secondary N) is 2. The van der Waals surface area contributed by atoms with Gasteiger partial charge in [0.2, 0.25) is 0 Å². The molecule has 0 aliphatic heterocycles. The van der Waals surface area contributed by atoms with E-state index in [2.05, 4.69) is 27.9 Å². The van der Waals surface area contributed by atoms with Crippen LogP contribution in [0.25, 0.3) is 11.1 Å². The van der Waals surface area contributed by atoms with Gasteiger partial charge < -0.3 is 15.2 Å². The molecule has 180 valence electrons. The molecule has 0 saturated heterocycles. The van der Waals surface area contributed by atoms with Crippen LogP contribution >= 0.6 is 0 Å². The average Bonchev–Trinajstić information content (AvgIpc) is 3.33. The highest BCUT2D eigenvalue weighted by molar-refractivity contribution is 6.02. The van der Waals surface area contributed by atoms with Crippen LogP contribution in [0.3, 0.4) is 0 Å². The van der Waals surface area contributed by atoms with Crippen LogP contribution in [0.2, 0.25) is 0 Å². The smallest absolute Gasteiger partial charge is 0.411 e. The molecule has 2 aliphatic carbocycles. The molecule has 1 atom stereocenters. The first-order valence-electron chi connectivity index (χ1n) is 11.6. The molecule has 1 unspecified atom stereocenters. The van der Waals surface area contributed by atoms with Crippen molar-refractivity contribution < 1.29 is 24.2 Å². The van der Waals surface area contributed by atoms with Crippen molar-refractivity contribution in [2.45, 2.75) is 31.2 Å². The number of anilines is 1. The average molecular weight is 475 g/mol. The van der Waals surface area contributed by atoms with Crippen molar-refractivity contribution in [3.63, 3.8) is 0 Å². The van der Waals surface area contributed by atoms with E-state index in [9.17, 15) is 19.5 Å². The fourth-order valence-electron chi connectivity index (χ4n) is 4.91. The molecule has 3 N–H and O–H groups in total. The molecule has 35 heavy (non-hydrogen) atoms. The molecule has 1 saturated carbocycles. The van der Waals surface area contributed by atoms with Gasteiger partial charge in [0.25, 0.3) is 5.91 Å². The second kappa shape index (κ2) is 9.25. The summed E-state index contributed by atoms with van der Waals surface area (Å²) in [4.78, 5) is 37.2. The number of aliphatic carboxylic acids is 1. The number of fused-ring (bicyclic) bond motifs is 3. The third-order valence-corrected chi connectivity index (χ3v) is 6.91. The lowest BCUT2D eigenvalue weighted by Crippen LogP contribution is -2.48. The largest absolute Gasteiger partial charge is 0.480 e. The minimum absolute atomic E-state index is 0.0593. The molecule has 0 radical (unpaired) electrons. The zero-order chi connectivity index (χ0) is 24.5. The van der Waals surface area contributed by atoms with Crippen molar-refractivity contribution in [3.8, 4) is 11.1 Å². The number of benzene rings is 2. The van der Waals surface area contributed by atoms with Crippen LogP contribution in [0.1, 0.15) is 46.8 Å². The van der Waals surface area contributed by atoms with Gasteiger partial charge >= 0.3 is 12.1 Å². The van der Waals surface area contributed by atoms with Crippen molar-refractivity contribution in [2.24, 2.45) is 13.0 Å². The maximum Gasteiger partial charge on any atom is 0.411 e. The summed E-state index contributed by atoms with van der Waals surface area (Å²) < 4.78 is 6.86. The SMILES string of the molecule is Cn1ncc(NC(=O)OCC2c3ccccc3-c3ccccc32)c1C(=O)NC(C(=O)O)C1CCC1. The fourth-order valence-corrected chi connectivity index (χ4v) is 4.91. The highest BCUT2D eigenvalue weighted by atomic mass is 16.5. The van der Waals surface area contributed by atoms with Crippen molar-refractivity contribution >= 4 is 23.7 Å². The Morgan fingerprint density at radius 3 is 2.29 bits per heavy atom. The van der Waals surface area contributed by atoms with Crippen molar-refractivity contribution in [1.29, 1.82) is 0 Å². The molecule has 2 aromatic carbocycles. The Labute approximate surface area is 202 Å². The maximum absolute atomic E-state index is 12.9. The van der Waals surface area contributed by atoms with Crippen LogP contribution in [-0.4, -0.2) is 45.5 Å². The van der Waals surface area contributed by atoms with E-state index in [0.29, 0.717) is 0 Å². The Balaban J connectivity index is 1.27. The Morgan fingerprint density at radius 2 is 1.71 bits per heavy atom. The lowest BCUT2D eigenvalue weighted by Gasteiger charge is -2.31. The summed E-state index contributed by atoms with van der Waals surface area (Å²) in [6.07, 6.45) is 3.09. The normalized spacial score (nSPS) is 15.5. The predicted octanol–water partition coefficient (Wildman–Crippen LogP) is 3.76. The molecule has 2 amide bonds. The molecule has 0 bridgehead atoms. The second-order valence-corrected chi connectivity index (χ2v) is 8.96. The van der Waals surface area contributed by atoms with Crippen LogP contribution in [0.4, 0.5) is 10.5 Å². The molecular weight excluding hydrogens is 448 g/mol. The molecular formula is C26H26N4O5. The molecule has 3 aromatic rings. The predicted molar refractivity (Wildman–Crippen MR) is 128 cm³/mol. The molecule has 5 rings (SSSR count). The van der Waals surface area contributed by atoms with Gasteiger partial charge in [-0.25, -0.2) is 9.59 Å². The number of nitrogens with zero attached hydrogens (tertiary/aromatic N) is 2. The molecule has 9 nitrogen and oxygen atoms in total. The van der Waals surface area contributed by atoms with E-state index in [1.165, 1.54) is 10.9 Å². The van der Waals surface area contributed by atoms with E-state index < -0.39 is 24.0 Å². The van der Waals surface area contributed by atoms with Gasteiger partial charge in [-0.2, -0.15) is 5.10 Å². The van der Waals surface area contributed by atoms with E-state index in [4.69, 9.17) is 4.74 Å². The first kappa shape index (κ1) is 22.6. The van der Waals surface area contributed by atoms with Crippen molar-refractivity contribution in [3.05, 3.63) is 71.5 Å². The summed E-state index contributed by atoms with van der Waals surface area (Å²) in [6, 6.07) is 15.1. The Kier molecular flexibility index (Phi) is 5.98. The lowest BCUT2D eigenvalue weighted by atomic mass is 9.79. The number of carboxylic acid groups (broad SMARTS) is 1. The Bertz CT molecular complexity index is 1250. The Morgan fingerprint density at radius 1 is 1.09 bits per heavy atom. The van der Waals surface area contributed by atoms with Crippen LogP contribution in [-0.2, 0) is 16.6 Å². The van der Waals surface area contributed by atoms with Crippen molar-refractivity contribution in [2.75, 3.05) is 11.9 Å². The summed E-state index contributed by atoms with van der Waals surface area (Å²) in [7, 11) is 1.55. The summed E-state index contributed by atoms with van der Waals surface area (Å²) >= 11 is 0. The fraction of sp³-hybridized carbons (Fsp3) is 0.308. The lowest BCUT2D eigenvalue weighted by molar-refractivity contribution is -0.141. The number of hydrogen-bond donors (Lipinski definition) is 3. The van der Waals surface area contributed by atoms with Gasteiger partial charge in [-0.15, -0.1) is 0 Å². The molecule has 1 heterocycles. The van der Waals surface area contributed by atoms with Gasteiger partial charge in [0.1, 0.15) is 18.3 Å². The molecule has 0 spiro atoms. The number of carbonyl (C=O) groups excluding carboxylic acids is 2. The Hall–Kier alpha value is -4.14. The van der Waals surface area contributed by atoms with E-state index in [1.807, 2.05) is 36.4 Å². The highest BCUT2D eigenvalue weighted by Crippen LogP contribution is 2.44. The van der Waals surface area contributed by atoms with Crippen LogP contribution < -0.4 is 10.6 Å². The summed E-state index contributed by atoms with van der Waals surface area (Å²) in [5.41, 5.74) is 4.66. The topological polar surface area (TPSA) is 123 Å². The van der Waals surface area contributed by atoms with Gasteiger partial charge in [0.15, 0.2) is 0 Å². The number of carbonyl (C=O) groups is 3. The minimum Gasteiger partial charge on any atom is -0.480 e. The number of carboxylic acids is 1. The van der Waals surface area contributed by atoms with Crippen LogP contribution in [0.5, 0.6) is 0 Å². The monoisotopic (exact) mass is 474 g/mol. The number of hydrogen-bond acceptors (Lipinski definition) is 5. The molecule has 1 aromatic heterocycles. The maximum atomic E-state index is 12.9. The van der Waals surface area contributed by atoms with Gasteiger partial charge in [0, 0.05) is 13.0 Å². The first-order chi connectivity index (χ1) is 16.9. The second-order valence-electron chi connectivity index (χ2n) is 8.96. The zero-order valence-corrected chi connectivity index (χ0v) is 19.2. The molecule has 9 heteroatoms. The number of aryl methyl sites for hydroxylation is 1.